The van der Waals surface area contributed by atoms with Crippen molar-refractivity contribution < 1.29 is 18.7 Å². The van der Waals surface area contributed by atoms with Crippen molar-refractivity contribution in [2.24, 2.45) is 0 Å². The lowest BCUT2D eigenvalue weighted by molar-refractivity contribution is -0.127. The Kier molecular flexibility index (Phi) is 4.90. The molecule has 2 heterocycles. The Bertz CT molecular complexity index is 847. The summed E-state index contributed by atoms with van der Waals surface area (Å²) < 4.78 is 19.1. The zero-order valence-corrected chi connectivity index (χ0v) is 14.8. The molecule has 4 rings (SSSR count). The number of amides is 2. The van der Waals surface area contributed by atoms with Crippen LogP contribution in [0.15, 0.2) is 48.5 Å². The summed E-state index contributed by atoms with van der Waals surface area (Å²) in [6.07, 6.45) is 1.69. The third kappa shape index (κ3) is 3.71. The van der Waals surface area contributed by atoms with E-state index in [0.717, 1.165) is 24.0 Å². The quantitative estimate of drug-likeness (QED) is 0.870. The highest BCUT2D eigenvalue weighted by molar-refractivity contribution is 6.01. The van der Waals surface area contributed by atoms with Crippen LogP contribution in [0.4, 0.5) is 10.1 Å². The van der Waals surface area contributed by atoms with Crippen molar-refractivity contribution in [1.82, 2.24) is 5.32 Å². The van der Waals surface area contributed by atoms with Gasteiger partial charge in [-0.1, -0.05) is 30.3 Å². The summed E-state index contributed by atoms with van der Waals surface area (Å²) in [5.41, 5.74) is 2.27. The smallest absolute Gasteiger partial charge is 0.228 e. The van der Waals surface area contributed by atoms with Gasteiger partial charge in [0.25, 0.3) is 0 Å². The largest absolute Gasteiger partial charge is 0.376 e. The van der Waals surface area contributed by atoms with E-state index in [-0.39, 0.29) is 36.2 Å². The van der Waals surface area contributed by atoms with Crippen LogP contribution in [0.2, 0.25) is 0 Å². The van der Waals surface area contributed by atoms with E-state index in [1.165, 1.54) is 12.1 Å². The van der Waals surface area contributed by atoms with E-state index in [1.54, 1.807) is 18.2 Å². The maximum absolute atomic E-state index is 13.3. The normalized spacial score (nSPS) is 22.6. The van der Waals surface area contributed by atoms with Crippen molar-refractivity contribution in [3.8, 4) is 0 Å². The van der Waals surface area contributed by atoms with Gasteiger partial charge >= 0.3 is 0 Å². The van der Waals surface area contributed by atoms with Crippen LogP contribution in [0, 0.1) is 5.82 Å². The number of carbonyl (C=O) groups is 2. The van der Waals surface area contributed by atoms with Crippen LogP contribution in [0.5, 0.6) is 0 Å². The second-order valence-corrected chi connectivity index (χ2v) is 6.98. The molecule has 0 aromatic heterocycles. The second kappa shape index (κ2) is 7.48. The molecule has 0 saturated carbocycles. The minimum Gasteiger partial charge on any atom is -0.376 e. The Labute approximate surface area is 156 Å². The van der Waals surface area contributed by atoms with Crippen molar-refractivity contribution in [2.75, 3.05) is 11.9 Å². The SMILES string of the molecule is O=C1C[C@H](C(=O)N[C@@H](c2ccc(F)cc2)[C@@H]2CCCO2)c2ccccc2N1. The van der Waals surface area contributed by atoms with Gasteiger partial charge in [0.15, 0.2) is 0 Å². The summed E-state index contributed by atoms with van der Waals surface area (Å²) in [6.45, 7) is 0.646. The third-order valence-corrected chi connectivity index (χ3v) is 5.18. The molecule has 2 aromatic rings. The zero-order valence-electron chi connectivity index (χ0n) is 14.8. The van der Waals surface area contributed by atoms with Gasteiger partial charge in [-0.05, 0) is 42.2 Å². The molecule has 1 fully saturated rings. The molecule has 1 saturated heterocycles. The van der Waals surface area contributed by atoms with Gasteiger partial charge in [-0.3, -0.25) is 9.59 Å². The van der Waals surface area contributed by atoms with Gasteiger partial charge in [-0.15, -0.1) is 0 Å². The number of halogens is 1. The highest BCUT2D eigenvalue weighted by atomic mass is 19.1. The molecule has 0 aliphatic carbocycles. The van der Waals surface area contributed by atoms with Crippen molar-refractivity contribution in [3.05, 3.63) is 65.5 Å². The molecule has 5 nitrogen and oxygen atoms in total. The van der Waals surface area contributed by atoms with Crippen LogP contribution in [-0.2, 0) is 14.3 Å². The highest BCUT2D eigenvalue weighted by Crippen LogP contribution is 2.34. The van der Waals surface area contributed by atoms with Crippen LogP contribution in [-0.4, -0.2) is 24.5 Å². The van der Waals surface area contributed by atoms with Gasteiger partial charge in [0.2, 0.25) is 11.8 Å². The average Bonchev–Trinajstić information content (AvgIpc) is 3.20. The van der Waals surface area contributed by atoms with E-state index >= 15 is 0 Å². The number of anilines is 1. The van der Waals surface area contributed by atoms with Crippen LogP contribution < -0.4 is 10.6 Å². The number of hydrogen-bond acceptors (Lipinski definition) is 3. The van der Waals surface area contributed by atoms with E-state index in [2.05, 4.69) is 10.6 Å². The van der Waals surface area contributed by atoms with E-state index in [1.807, 2.05) is 18.2 Å². The molecule has 2 amide bonds. The minimum absolute atomic E-state index is 0.102. The van der Waals surface area contributed by atoms with Crippen LogP contribution >= 0.6 is 0 Å². The van der Waals surface area contributed by atoms with Crippen molar-refractivity contribution >= 4 is 17.5 Å². The number of hydrogen-bond donors (Lipinski definition) is 2. The predicted octanol–water partition coefficient (Wildman–Crippen LogP) is 3.29. The molecule has 2 aliphatic rings. The average molecular weight is 368 g/mol. The fourth-order valence-electron chi connectivity index (χ4n) is 3.83. The lowest BCUT2D eigenvalue weighted by atomic mass is 9.89. The molecular formula is C21H21FN2O3. The van der Waals surface area contributed by atoms with Gasteiger partial charge in [-0.2, -0.15) is 0 Å². The lowest BCUT2D eigenvalue weighted by Crippen LogP contribution is -2.41. The summed E-state index contributed by atoms with van der Waals surface area (Å²) in [4.78, 5) is 25.1. The first kappa shape index (κ1) is 17.7. The van der Waals surface area contributed by atoms with Crippen molar-refractivity contribution in [3.63, 3.8) is 0 Å². The number of rotatable bonds is 4. The fourth-order valence-corrected chi connectivity index (χ4v) is 3.83. The molecule has 2 N–H and O–H groups in total. The number of ether oxygens (including phenoxy) is 1. The molecule has 2 aliphatic heterocycles. The molecule has 0 spiro atoms. The van der Waals surface area contributed by atoms with Crippen LogP contribution in [0.3, 0.4) is 0 Å². The second-order valence-electron chi connectivity index (χ2n) is 6.98. The Morgan fingerprint density at radius 3 is 2.70 bits per heavy atom. The topological polar surface area (TPSA) is 67.4 Å². The Balaban J connectivity index is 1.60. The molecule has 0 radical (unpaired) electrons. The summed E-state index contributed by atoms with van der Waals surface area (Å²) >= 11 is 0. The number of para-hydroxylation sites is 1. The monoisotopic (exact) mass is 368 g/mol. The molecular weight excluding hydrogens is 347 g/mol. The van der Waals surface area contributed by atoms with Gasteiger partial charge in [0, 0.05) is 18.7 Å². The number of carbonyl (C=O) groups excluding carboxylic acids is 2. The molecule has 3 atom stereocenters. The molecule has 0 unspecified atom stereocenters. The maximum Gasteiger partial charge on any atom is 0.228 e. The first-order chi connectivity index (χ1) is 13.1. The molecule has 2 aromatic carbocycles. The predicted molar refractivity (Wildman–Crippen MR) is 98.7 cm³/mol. The number of nitrogens with one attached hydrogen (secondary N) is 2. The molecule has 140 valence electrons. The Morgan fingerprint density at radius 1 is 1.19 bits per heavy atom. The fraction of sp³-hybridized carbons (Fsp3) is 0.333. The zero-order chi connectivity index (χ0) is 18.8. The Hall–Kier alpha value is -2.73. The van der Waals surface area contributed by atoms with E-state index in [0.29, 0.717) is 12.3 Å². The number of benzene rings is 2. The minimum atomic E-state index is -0.556. The first-order valence-electron chi connectivity index (χ1n) is 9.18. The van der Waals surface area contributed by atoms with Gasteiger partial charge in [0.05, 0.1) is 18.1 Å². The van der Waals surface area contributed by atoms with Crippen LogP contribution in [0.1, 0.15) is 42.3 Å². The highest BCUT2D eigenvalue weighted by Gasteiger charge is 2.34. The van der Waals surface area contributed by atoms with E-state index in [4.69, 9.17) is 4.74 Å². The van der Waals surface area contributed by atoms with Gasteiger partial charge in [0.1, 0.15) is 5.82 Å². The standard InChI is InChI=1S/C21H21FN2O3/c22-14-9-7-13(8-10-14)20(18-6-3-11-27-18)24-21(26)16-12-19(25)23-17-5-2-1-4-15(16)17/h1-2,4-5,7-10,16,18,20H,3,6,11-12H2,(H,23,25)(H,24,26)/t16-,18-,20-/m0/s1. The maximum atomic E-state index is 13.3. The van der Waals surface area contributed by atoms with Crippen molar-refractivity contribution in [1.29, 1.82) is 0 Å². The number of fused-ring (bicyclic) bond motifs is 1. The summed E-state index contributed by atoms with van der Waals surface area (Å²) in [6, 6.07) is 13.1. The first-order valence-corrected chi connectivity index (χ1v) is 9.18. The third-order valence-electron chi connectivity index (χ3n) is 5.18. The molecule has 0 bridgehead atoms. The summed E-state index contributed by atoms with van der Waals surface area (Å²) in [7, 11) is 0. The molecule has 27 heavy (non-hydrogen) atoms. The van der Waals surface area contributed by atoms with E-state index in [9.17, 15) is 14.0 Å². The van der Waals surface area contributed by atoms with Gasteiger partial charge in [-0.25, -0.2) is 4.39 Å². The molecule has 6 heteroatoms. The lowest BCUT2D eigenvalue weighted by Gasteiger charge is -2.29. The van der Waals surface area contributed by atoms with E-state index < -0.39 is 5.92 Å². The van der Waals surface area contributed by atoms with Crippen molar-refractivity contribution in [2.45, 2.75) is 37.3 Å². The summed E-state index contributed by atoms with van der Waals surface area (Å²) in [5.74, 6) is -1.28. The van der Waals surface area contributed by atoms with Gasteiger partial charge < -0.3 is 15.4 Å². The van der Waals surface area contributed by atoms with Crippen LogP contribution in [0.25, 0.3) is 0 Å². The summed E-state index contributed by atoms with van der Waals surface area (Å²) in [5, 5.41) is 5.87. The Morgan fingerprint density at radius 2 is 1.96 bits per heavy atom.